The average molecular weight is 850 g/mol. The first-order chi connectivity index (χ1) is 29.5. The minimum atomic E-state index is -0.356. The Bertz CT molecular complexity index is 933. The van der Waals surface area contributed by atoms with Crippen LogP contribution in [0.5, 0.6) is 0 Å². The molecule has 354 valence electrons. The van der Waals surface area contributed by atoms with Gasteiger partial charge in [-0.15, -0.1) is 0 Å². The first-order valence-corrected chi connectivity index (χ1v) is 25.7. The number of carbonyl (C=O) groups is 2. The quantitative estimate of drug-likeness (QED) is 0.0280. The molecule has 8 heteroatoms. The Morgan fingerprint density at radius 3 is 1.47 bits per heavy atom. The molecule has 0 fully saturated rings. The number of hydrogen-bond acceptors (Lipinski definition) is 8. The van der Waals surface area contributed by atoms with E-state index < -0.39 is 0 Å². The number of allylic oxidation sites excluding steroid dienone is 4. The van der Waals surface area contributed by atoms with Gasteiger partial charge in [-0.1, -0.05) is 148 Å². The van der Waals surface area contributed by atoms with E-state index in [1.165, 1.54) is 51.4 Å². The average Bonchev–Trinajstić information content (AvgIpc) is 3.25. The predicted octanol–water partition coefficient (Wildman–Crippen LogP) is 14.0. The van der Waals surface area contributed by atoms with Crippen LogP contribution >= 0.6 is 0 Å². The minimum Gasteiger partial charge on any atom is -0.466 e. The molecule has 0 saturated carbocycles. The summed E-state index contributed by atoms with van der Waals surface area (Å²) < 4.78 is 23.5. The minimum absolute atomic E-state index is 0.0429. The summed E-state index contributed by atoms with van der Waals surface area (Å²) in [6, 6.07) is 0. The molecular weight excluding hydrogens is 751 g/mol. The molecule has 0 bridgehead atoms. The molecule has 0 radical (unpaired) electrons. The van der Waals surface area contributed by atoms with Gasteiger partial charge in [-0.2, -0.15) is 0 Å². The van der Waals surface area contributed by atoms with Crippen molar-refractivity contribution < 1.29 is 33.6 Å². The first-order valence-electron chi connectivity index (χ1n) is 25.7. The van der Waals surface area contributed by atoms with E-state index in [0.717, 1.165) is 161 Å². The van der Waals surface area contributed by atoms with Gasteiger partial charge in [0.25, 0.3) is 0 Å². The summed E-state index contributed by atoms with van der Waals surface area (Å²) in [5.74, 6) is -0.0412. The lowest BCUT2D eigenvalue weighted by atomic mass is 9.94. The van der Waals surface area contributed by atoms with E-state index in [1.807, 2.05) is 0 Å². The summed E-state index contributed by atoms with van der Waals surface area (Å²) >= 11 is 0. The van der Waals surface area contributed by atoms with Crippen LogP contribution in [0.25, 0.3) is 0 Å². The zero-order valence-electron chi connectivity index (χ0n) is 40.1. The van der Waals surface area contributed by atoms with Crippen molar-refractivity contribution in [3.05, 3.63) is 24.3 Å². The maximum Gasteiger partial charge on any atom is 0.308 e. The summed E-state index contributed by atoms with van der Waals surface area (Å²) in [7, 11) is 0. The molecule has 0 rings (SSSR count). The first kappa shape index (κ1) is 58.3. The van der Waals surface area contributed by atoms with Gasteiger partial charge >= 0.3 is 11.9 Å². The highest BCUT2D eigenvalue weighted by Crippen LogP contribution is 2.21. The highest BCUT2D eigenvalue weighted by Gasteiger charge is 2.19. The molecule has 0 aromatic carbocycles. The van der Waals surface area contributed by atoms with E-state index in [9.17, 15) is 14.7 Å². The Morgan fingerprint density at radius 1 is 0.483 bits per heavy atom. The summed E-state index contributed by atoms with van der Waals surface area (Å²) in [4.78, 5) is 28.0. The Labute approximate surface area is 371 Å². The van der Waals surface area contributed by atoms with Gasteiger partial charge in [-0.05, 0) is 109 Å². The van der Waals surface area contributed by atoms with Crippen molar-refractivity contribution in [2.75, 3.05) is 52.7 Å². The molecule has 0 amide bonds. The van der Waals surface area contributed by atoms with E-state index in [1.54, 1.807) is 0 Å². The van der Waals surface area contributed by atoms with Gasteiger partial charge in [-0.3, -0.25) is 9.59 Å². The molecule has 1 unspecified atom stereocenters. The van der Waals surface area contributed by atoms with E-state index in [2.05, 4.69) is 56.9 Å². The summed E-state index contributed by atoms with van der Waals surface area (Å²) in [6.07, 6.45) is 42.7. The smallest absolute Gasteiger partial charge is 0.308 e. The van der Waals surface area contributed by atoms with Crippen LogP contribution in [0, 0.1) is 5.92 Å². The molecule has 0 spiro atoms. The number of aliphatic hydroxyl groups is 1. The lowest BCUT2D eigenvalue weighted by Crippen LogP contribution is -2.28. The van der Waals surface area contributed by atoms with Gasteiger partial charge in [0, 0.05) is 32.8 Å². The van der Waals surface area contributed by atoms with Crippen LogP contribution in [0.4, 0.5) is 0 Å². The van der Waals surface area contributed by atoms with Crippen molar-refractivity contribution in [2.24, 2.45) is 5.92 Å². The normalized spacial score (nSPS) is 12.4. The second-order valence-corrected chi connectivity index (χ2v) is 17.1. The Hall–Kier alpha value is -1.74. The molecule has 0 aliphatic carbocycles. The van der Waals surface area contributed by atoms with Crippen molar-refractivity contribution >= 4 is 11.9 Å². The van der Waals surface area contributed by atoms with E-state index >= 15 is 0 Å². The third kappa shape index (κ3) is 41.6. The van der Waals surface area contributed by atoms with E-state index in [0.29, 0.717) is 39.3 Å². The summed E-state index contributed by atoms with van der Waals surface area (Å²) in [5.41, 5.74) is 0. The second kappa shape index (κ2) is 48.3. The van der Waals surface area contributed by atoms with Crippen molar-refractivity contribution in [2.45, 2.75) is 239 Å². The van der Waals surface area contributed by atoms with Gasteiger partial charge < -0.3 is 29.0 Å². The van der Waals surface area contributed by atoms with Gasteiger partial charge in [0.2, 0.25) is 0 Å². The van der Waals surface area contributed by atoms with Gasteiger partial charge in [-0.25, -0.2) is 0 Å². The zero-order valence-corrected chi connectivity index (χ0v) is 40.1. The number of unbranched alkanes of at least 4 members (excludes halogenated alkanes) is 19. The molecule has 0 heterocycles. The molecular formula is C52H99NO7. The molecule has 1 atom stereocenters. The fourth-order valence-electron chi connectivity index (χ4n) is 7.48. The number of ether oxygens (including phenoxy) is 4. The number of hydrogen-bond donors (Lipinski definition) is 1. The molecule has 0 aromatic rings. The van der Waals surface area contributed by atoms with Crippen molar-refractivity contribution in [3.8, 4) is 0 Å². The number of nitrogens with zero attached hydrogens (tertiary/aromatic N) is 1. The molecule has 8 nitrogen and oxygen atoms in total. The van der Waals surface area contributed by atoms with Crippen molar-refractivity contribution in [1.29, 1.82) is 0 Å². The van der Waals surface area contributed by atoms with Crippen LogP contribution in [0.1, 0.15) is 233 Å². The summed E-state index contributed by atoms with van der Waals surface area (Å²) in [5, 5.41) is 9.45. The SMILES string of the molecule is CC/C=C\CCCCOC(CCC(=O)OCCCCCCCN(CCCO)CCCCCCOC(=O)C(CCCCCC)CCCCCCCC)OCCCC/C=C\CC. The van der Waals surface area contributed by atoms with Crippen molar-refractivity contribution in [1.82, 2.24) is 4.90 Å². The highest BCUT2D eigenvalue weighted by molar-refractivity contribution is 5.72. The van der Waals surface area contributed by atoms with Crippen LogP contribution in [-0.2, 0) is 28.5 Å². The number of aliphatic hydroxyl groups excluding tert-OH is 1. The standard InChI is InChI=1S/C52H99NO7/c1-5-9-13-17-21-29-38-49(37-28-16-12-8-4)52(56)60-48-35-27-23-31-42-53(43-36-44-54)41-30-22-20-26-32-45-57-50(55)39-40-51(58-46-33-24-18-14-10-6-2)59-47-34-25-19-15-11-7-3/h10-11,14-15,49,51,54H,5-9,12-13,16-48H2,1-4H3/b14-10-,15-11-. The Balaban J connectivity index is 4.26. The van der Waals surface area contributed by atoms with Crippen LogP contribution in [0.2, 0.25) is 0 Å². The molecule has 0 aromatic heterocycles. The summed E-state index contributed by atoms with van der Waals surface area (Å²) in [6.45, 7) is 14.4. The zero-order chi connectivity index (χ0) is 43.8. The van der Waals surface area contributed by atoms with Crippen LogP contribution in [0.3, 0.4) is 0 Å². The van der Waals surface area contributed by atoms with Gasteiger partial charge in [0.15, 0.2) is 6.29 Å². The Kier molecular flexibility index (Phi) is 46.9. The van der Waals surface area contributed by atoms with Gasteiger partial charge in [0.05, 0.1) is 25.6 Å². The third-order valence-electron chi connectivity index (χ3n) is 11.3. The topological polar surface area (TPSA) is 94.5 Å². The Morgan fingerprint density at radius 2 is 0.933 bits per heavy atom. The molecule has 60 heavy (non-hydrogen) atoms. The van der Waals surface area contributed by atoms with Crippen LogP contribution in [-0.4, -0.2) is 80.9 Å². The fraction of sp³-hybridized carbons (Fsp3) is 0.885. The highest BCUT2D eigenvalue weighted by atomic mass is 16.7. The third-order valence-corrected chi connectivity index (χ3v) is 11.3. The number of carbonyl (C=O) groups excluding carboxylic acids is 2. The lowest BCUT2D eigenvalue weighted by molar-refractivity contribution is -0.159. The van der Waals surface area contributed by atoms with Crippen LogP contribution in [0.15, 0.2) is 24.3 Å². The molecule has 0 saturated heterocycles. The molecule has 0 aliphatic rings. The number of rotatable bonds is 48. The van der Waals surface area contributed by atoms with Crippen molar-refractivity contribution in [3.63, 3.8) is 0 Å². The maximum atomic E-state index is 13.0. The van der Waals surface area contributed by atoms with E-state index in [-0.39, 0.29) is 30.8 Å². The molecule has 0 aliphatic heterocycles. The van der Waals surface area contributed by atoms with Gasteiger partial charge in [0.1, 0.15) is 0 Å². The predicted molar refractivity (Wildman–Crippen MR) is 253 cm³/mol. The molecule has 1 N–H and O–H groups in total. The van der Waals surface area contributed by atoms with Crippen LogP contribution < -0.4 is 0 Å². The monoisotopic (exact) mass is 850 g/mol. The number of esters is 2. The fourth-order valence-corrected chi connectivity index (χ4v) is 7.48. The van der Waals surface area contributed by atoms with E-state index in [4.69, 9.17) is 18.9 Å². The lowest BCUT2D eigenvalue weighted by Gasteiger charge is -2.22. The largest absolute Gasteiger partial charge is 0.466 e. The maximum absolute atomic E-state index is 13.0. The second-order valence-electron chi connectivity index (χ2n) is 17.1.